The zero-order valence-electron chi connectivity index (χ0n) is 9.28. The molecule has 1 heterocycles. The molecule has 1 N–H and O–H groups in total. The largest absolute Gasteiger partial charge is 0.489 e. The molecule has 0 bridgehead atoms. The van der Waals surface area contributed by atoms with E-state index in [1.807, 2.05) is 12.1 Å². The summed E-state index contributed by atoms with van der Waals surface area (Å²) in [6.45, 7) is 0.728. The highest BCUT2D eigenvalue weighted by Crippen LogP contribution is 2.35. The first kappa shape index (κ1) is 11.1. The molecule has 0 radical (unpaired) electrons. The van der Waals surface area contributed by atoms with Crippen molar-refractivity contribution >= 4 is 26.9 Å². The molecule has 1 aliphatic rings. The fraction of sp³-hybridized carbons (Fsp3) is 0.385. The lowest BCUT2D eigenvalue weighted by molar-refractivity contribution is 0.281. The molecule has 3 nitrogen and oxygen atoms in total. The lowest BCUT2D eigenvalue weighted by Gasteiger charge is -2.06. The number of rotatable bonds is 4. The highest BCUT2D eigenvalue weighted by atomic mass is 79.9. The van der Waals surface area contributed by atoms with Gasteiger partial charge in [-0.1, -0.05) is 15.9 Å². The van der Waals surface area contributed by atoms with Crippen molar-refractivity contribution in [3.8, 4) is 5.75 Å². The van der Waals surface area contributed by atoms with Crippen LogP contribution in [0.2, 0.25) is 0 Å². The minimum Gasteiger partial charge on any atom is -0.489 e. The van der Waals surface area contributed by atoms with Gasteiger partial charge in [0.1, 0.15) is 0 Å². The van der Waals surface area contributed by atoms with Crippen LogP contribution in [0, 0.1) is 5.92 Å². The van der Waals surface area contributed by atoms with Gasteiger partial charge in [-0.3, -0.25) is 0 Å². The third-order valence-corrected chi connectivity index (χ3v) is 3.48. The van der Waals surface area contributed by atoms with Gasteiger partial charge in [0, 0.05) is 15.4 Å². The normalized spacial score (nSPS) is 15.4. The van der Waals surface area contributed by atoms with Gasteiger partial charge in [0.05, 0.1) is 19.5 Å². The van der Waals surface area contributed by atoms with Gasteiger partial charge in [0.25, 0.3) is 0 Å². The monoisotopic (exact) mass is 296 g/mol. The van der Waals surface area contributed by atoms with Crippen molar-refractivity contribution in [1.29, 1.82) is 0 Å². The summed E-state index contributed by atoms with van der Waals surface area (Å²) in [7, 11) is 0. The first-order valence-corrected chi connectivity index (χ1v) is 6.50. The highest BCUT2D eigenvalue weighted by molar-refractivity contribution is 9.10. The Kier molecular flexibility index (Phi) is 2.84. The van der Waals surface area contributed by atoms with Crippen molar-refractivity contribution in [3.63, 3.8) is 0 Å². The summed E-state index contributed by atoms with van der Waals surface area (Å²) in [5.41, 5.74) is 1.51. The lowest BCUT2D eigenvalue weighted by atomic mass is 10.2. The summed E-state index contributed by atoms with van der Waals surface area (Å²) in [6, 6.07) is 3.85. The van der Waals surface area contributed by atoms with Crippen LogP contribution in [0.15, 0.2) is 27.3 Å². The van der Waals surface area contributed by atoms with Gasteiger partial charge in [0.15, 0.2) is 11.3 Å². The fourth-order valence-electron chi connectivity index (χ4n) is 1.84. The fourth-order valence-corrected chi connectivity index (χ4v) is 2.28. The minimum atomic E-state index is -0.0223. The van der Waals surface area contributed by atoms with Crippen molar-refractivity contribution < 1.29 is 14.3 Å². The van der Waals surface area contributed by atoms with Crippen LogP contribution < -0.4 is 4.74 Å². The Morgan fingerprint density at radius 1 is 1.41 bits per heavy atom. The average molecular weight is 297 g/mol. The Morgan fingerprint density at radius 2 is 2.24 bits per heavy atom. The van der Waals surface area contributed by atoms with Crippen molar-refractivity contribution in [3.05, 3.63) is 28.4 Å². The van der Waals surface area contributed by atoms with E-state index < -0.39 is 0 Å². The van der Waals surface area contributed by atoms with E-state index in [-0.39, 0.29) is 6.61 Å². The molecule has 0 spiro atoms. The molecule has 2 aromatic rings. The van der Waals surface area contributed by atoms with Crippen LogP contribution >= 0.6 is 15.9 Å². The maximum atomic E-state index is 9.22. The Hall–Kier alpha value is -1.000. The second kappa shape index (κ2) is 4.35. The molecular weight excluding hydrogens is 284 g/mol. The van der Waals surface area contributed by atoms with Crippen molar-refractivity contribution in [2.75, 3.05) is 6.61 Å². The van der Waals surface area contributed by atoms with Gasteiger partial charge in [-0.15, -0.1) is 0 Å². The summed E-state index contributed by atoms with van der Waals surface area (Å²) in [4.78, 5) is 0. The molecule has 1 aromatic carbocycles. The Labute approximate surface area is 108 Å². The van der Waals surface area contributed by atoms with Crippen molar-refractivity contribution in [1.82, 2.24) is 0 Å². The van der Waals surface area contributed by atoms with E-state index in [1.54, 1.807) is 6.26 Å². The van der Waals surface area contributed by atoms with E-state index >= 15 is 0 Å². The van der Waals surface area contributed by atoms with Crippen LogP contribution in [-0.2, 0) is 6.61 Å². The number of aliphatic hydroxyl groups excluding tert-OH is 1. The zero-order valence-corrected chi connectivity index (χ0v) is 10.9. The predicted molar refractivity (Wildman–Crippen MR) is 68.1 cm³/mol. The van der Waals surface area contributed by atoms with Crippen LogP contribution in [0.25, 0.3) is 11.0 Å². The molecule has 17 heavy (non-hydrogen) atoms. The first-order chi connectivity index (χ1) is 8.28. The van der Waals surface area contributed by atoms with Gasteiger partial charge in [0.2, 0.25) is 0 Å². The predicted octanol–water partition coefficient (Wildman–Crippen LogP) is 3.48. The molecule has 0 saturated heterocycles. The highest BCUT2D eigenvalue weighted by Gasteiger charge is 2.23. The molecule has 1 saturated carbocycles. The van der Waals surface area contributed by atoms with Gasteiger partial charge in [-0.2, -0.15) is 0 Å². The lowest BCUT2D eigenvalue weighted by Crippen LogP contribution is -1.99. The Bertz CT molecular complexity index is 543. The second-order valence-electron chi connectivity index (χ2n) is 4.45. The second-order valence-corrected chi connectivity index (χ2v) is 5.37. The number of benzene rings is 1. The van der Waals surface area contributed by atoms with Crippen LogP contribution in [0.1, 0.15) is 18.4 Å². The summed E-state index contributed by atoms with van der Waals surface area (Å²) >= 11 is 3.45. The number of fused-ring (bicyclic) bond motifs is 1. The number of ether oxygens (including phenoxy) is 1. The summed E-state index contributed by atoms with van der Waals surface area (Å²) in [5.74, 6) is 1.46. The molecular formula is C13H13BrO3. The van der Waals surface area contributed by atoms with E-state index in [2.05, 4.69) is 15.9 Å². The molecule has 0 unspecified atom stereocenters. The van der Waals surface area contributed by atoms with Crippen LogP contribution in [-0.4, -0.2) is 11.7 Å². The number of aliphatic hydroxyl groups is 1. The third-order valence-electron chi connectivity index (χ3n) is 3.03. The number of furan rings is 1. The maximum Gasteiger partial charge on any atom is 0.176 e. The van der Waals surface area contributed by atoms with Gasteiger partial charge in [-0.05, 0) is 30.9 Å². The van der Waals surface area contributed by atoms with Crippen molar-refractivity contribution in [2.45, 2.75) is 19.4 Å². The van der Waals surface area contributed by atoms with Crippen LogP contribution in [0.4, 0.5) is 0 Å². The van der Waals surface area contributed by atoms with Gasteiger partial charge < -0.3 is 14.3 Å². The number of halogens is 1. The van der Waals surface area contributed by atoms with Crippen LogP contribution in [0.3, 0.4) is 0 Å². The van der Waals surface area contributed by atoms with E-state index in [1.165, 1.54) is 12.8 Å². The minimum absolute atomic E-state index is 0.0223. The quantitative estimate of drug-likeness (QED) is 0.939. The van der Waals surface area contributed by atoms with E-state index in [4.69, 9.17) is 9.15 Å². The SMILES string of the molecule is OCc1coc2c(OCC3CC3)cc(Br)cc12. The summed E-state index contributed by atoms with van der Waals surface area (Å²) in [5, 5.41) is 10.1. The number of hydrogen-bond acceptors (Lipinski definition) is 3. The van der Waals surface area contributed by atoms with Gasteiger partial charge >= 0.3 is 0 Å². The topological polar surface area (TPSA) is 42.6 Å². The summed E-state index contributed by atoms with van der Waals surface area (Å²) in [6.07, 6.45) is 4.11. The zero-order chi connectivity index (χ0) is 11.8. The number of hydrogen-bond donors (Lipinski definition) is 1. The molecule has 4 heteroatoms. The molecule has 1 fully saturated rings. The standard InChI is InChI=1S/C13H13BrO3/c14-10-3-11-9(5-15)7-17-13(11)12(4-10)16-6-8-1-2-8/h3-4,7-8,15H,1-2,5-6H2. The first-order valence-electron chi connectivity index (χ1n) is 5.71. The van der Waals surface area contributed by atoms with Crippen LogP contribution in [0.5, 0.6) is 5.75 Å². The maximum absolute atomic E-state index is 9.22. The molecule has 1 aromatic heterocycles. The Balaban J connectivity index is 1.99. The van der Waals surface area contributed by atoms with E-state index in [9.17, 15) is 5.11 Å². The van der Waals surface area contributed by atoms with Crippen molar-refractivity contribution in [2.24, 2.45) is 5.92 Å². The smallest absolute Gasteiger partial charge is 0.176 e. The molecule has 0 atom stereocenters. The average Bonchev–Trinajstić information content (AvgIpc) is 3.05. The molecule has 3 rings (SSSR count). The Morgan fingerprint density at radius 3 is 2.94 bits per heavy atom. The van der Waals surface area contributed by atoms with E-state index in [0.29, 0.717) is 5.92 Å². The third kappa shape index (κ3) is 2.19. The summed E-state index contributed by atoms with van der Waals surface area (Å²) < 4.78 is 12.2. The molecule has 0 aliphatic heterocycles. The molecule has 1 aliphatic carbocycles. The van der Waals surface area contributed by atoms with Gasteiger partial charge in [-0.25, -0.2) is 0 Å². The molecule has 90 valence electrons. The molecule has 0 amide bonds. The van der Waals surface area contributed by atoms with E-state index in [0.717, 1.165) is 33.4 Å².